The first-order valence-electron chi connectivity index (χ1n) is 9.12. The van der Waals surface area contributed by atoms with E-state index in [0.717, 1.165) is 16.7 Å². The van der Waals surface area contributed by atoms with Crippen molar-refractivity contribution in [3.8, 4) is 0 Å². The molecule has 0 atom stereocenters. The number of aryl methyl sites for hydroxylation is 2. The highest BCUT2D eigenvalue weighted by atomic mass is 16.7. The van der Waals surface area contributed by atoms with E-state index in [4.69, 9.17) is 14.2 Å². The van der Waals surface area contributed by atoms with Crippen LogP contribution in [0.3, 0.4) is 0 Å². The molecular formula is C20H27NO5. The first kappa shape index (κ1) is 18.9. The molecule has 0 radical (unpaired) electrons. The van der Waals surface area contributed by atoms with E-state index in [-0.39, 0.29) is 12.3 Å². The van der Waals surface area contributed by atoms with Crippen molar-refractivity contribution >= 4 is 11.9 Å². The van der Waals surface area contributed by atoms with Crippen molar-refractivity contribution in [2.45, 2.75) is 57.3 Å². The van der Waals surface area contributed by atoms with Crippen LogP contribution < -0.4 is 5.32 Å². The van der Waals surface area contributed by atoms with Gasteiger partial charge in [0.05, 0.1) is 26.7 Å². The molecule has 142 valence electrons. The van der Waals surface area contributed by atoms with Gasteiger partial charge < -0.3 is 19.5 Å². The molecule has 3 rings (SSSR count). The van der Waals surface area contributed by atoms with Gasteiger partial charge in [0.25, 0.3) is 0 Å². The van der Waals surface area contributed by atoms with E-state index in [9.17, 15) is 9.59 Å². The monoisotopic (exact) mass is 361 g/mol. The van der Waals surface area contributed by atoms with E-state index in [0.29, 0.717) is 38.9 Å². The lowest BCUT2D eigenvalue weighted by atomic mass is 9.78. The van der Waals surface area contributed by atoms with Gasteiger partial charge in [-0.05, 0) is 37.8 Å². The van der Waals surface area contributed by atoms with Crippen molar-refractivity contribution in [3.05, 3.63) is 34.9 Å². The van der Waals surface area contributed by atoms with Crippen LogP contribution in [0.4, 0.5) is 0 Å². The molecule has 1 aromatic carbocycles. The van der Waals surface area contributed by atoms with Crippen LogP contribution in [0, 0.1) is 13.8 Å². The standard InChI is InChI=1S/C20H27NO5/c1-14-4-5-15(2)16(12-14)13-17(22)21-19(18(23)24-3)6-8-20(9-7-19)25-10-11-26-20/h4-5,12H,6-11,13H2,1-3H3,(H,21,22). The summed E-state index contributed by atoms with van der Waals surface area (Å²) in [4.78, 5) is 25.2. The van der Waals surface area contributed by atoms with E-state index in [1.807, 2.05) is 32.0 Å². The zero-order valence-electron chi connectivity index (χ0n) is 15.7. The number of hydrogen-bond acceptors (Lipinski definition) is 5. The van der Waals surface area contributed by atoms with Crippen molar-refractivity contribution in [1.82, 2.24) is 5.32 Å². The third-order valence-electron chi connectivity index (χ3n) is 5.49. The first-order valence-corrected chi connectivity index (χ1v) is 9.12. The number of nitrogens with one attached hydrogen (secondary N) is 1. The zero-order valence-corrected chi connectivity index (χ0v) is 15.7. The maximum Gasteiger partial charge on any atom is 0.331 e. The third kappa shape index (κ3) is 3.76. The second kappa shape index (κ2) is 7.37. The van der Waals surface area contributed by atoms with E-state index in [2.05, 4.69) is 5.32 Å². The highest BCUT2D eigenvalue weighted by Gasteiger charge is 2.51. The Morgan fingerprint density at radius 1 is 1.12 bits per heavy atom. The summed E-state index contributed by atoms with van der Waals surface area (Å²) in [6.07, 6.45) is 2.25. The summed E-state index contributed by atoms with van der Waals surface area (Å²) in [5, 5.41) is 2.96. The van der Waals surface area contributed by atoms with Crippen molar-refractivity contribution < 1.29 is 23.8 Å². The molecule has 1 N–H and O–H groups in total. The largest absolute Gasteiger partial charge is 0.467 e. The van der Waals surface area contributed by atoms with Crippen LogP contribution in [0.25, 0.3) is 0 Å². The molecule has 2 aliphatic rings. The fraction of sp³-hybridized carbons (Fsp3) is 0.600. The Hall–Kier alpha value is -1.92. The lowest BCUT2D eigenvalue weighted by molar-refractivity contribution is -0.192. The van der Waals surface area contributed by atoms with Crippen LogP contribution in [-0.2, 0) is 30.2 Å². The van der Waals surface area contributed by atoms with Gasteiger partial charge in [-0.2, -0.15) is 0 Å². The summed E-state index contributed by atoms with van der Waals surface area (Å²) in [7, 11) is 1.36. The summed E-state index contributed by atoms with van der Waals surface area (Å²) in [5.41, 5.74) is 2.13. The van der Waals surface area contributed by atoms with E-state index < -0.39 is 17.3 Å². The van der Waals surface area contributed by atoms with E-state index >= 15 is 0 Å². The maximum absolute atomic E-state index is 12.7. The Kier molecular flexibility index (Phi) is 5.34. The minimum absolute atomic E-state index is 0.173. The van der Waals surface area contributed by atoms with Gasteiger partial charge in [0.15, 0.2) is 5.79 Å². The number of hydrogen-bond donors (Lipinski definition) is 1. The Morgan fingerprint density at radius 3 is 2.38 bits per heavy atom. The molecule has 0 bridgehead atoms. The van der Waals surface area contributed by atoms with Crippen LogP contribution >= 0.6 is 0 Å². The predicted molar refractivity (Wildman–Crippen MR) is 95.6 cm³/mol. The van der Waals surface area contributed by atoms with Gasteiger partial charge in [-0.1, -0.05) is 23.8 Å². The number of carbonyl (C=O) groups excluding carboxylic acids is 2. The Balaban J connectivity index is 1.71. The molecule has 1 aliphatic heterocycles. The van der Waals surface area contributed by atoms with Crippen LogP contribution in [0.2, 0.25) is 0 Å². The first-order chi connectivity index (χ1) is 12.4. The molecule has 1 aromatic rings. The van der Waals surface area contributed by atoms with Crippen molar-refractivity contribution in [2.75, 3.05) is 20.3 Å². The Bertz CT molecular complexity index is 683. The fourth-order valence-electron chi connectivity index (χ4n) is 3.89. The van der Waals surface area contributed by atoms with Crippen molar-refractivity contribution in [1.29, 1.82) is 0 Å². The molecule has 1 saturated heterocycles. The number of ether oxygens (including phenoxy) is 3. The molecule has 1 aliphatic carbocycles. The lowest BCUT2D eigenvalue weighted by Gasteiger charge is -2.42. The van der Waals surface area contributed by atoms with Crippen molar-refractivity contribution in [3.63, 3.8) is 0 Å². The minimum atomic E-state index is -1.01. The summed E-state index contributed by atoms with van der Waals surface area (Å²) in [5.74, 6) is -1.18. The van der Waals surface area contributed by atoms with Crippen LogP contribution in [0.5, 0.6) is 0 Å². The van der Waals surface area contributed by atoms with Crippen LogP contribution in [0.15, 0.2) is 18.2 Å². The van der Waals surface area contributed by atoms with Crippen LogP contribution in [0.1, 0.15) is 42.4 Å². The van der Waals surface area contributed by atoms with Gasteiger partial charge in [0.2, 0.25) is 5.91 Å². The number of esters is 1. The Labute approximate surface area is 154 Å². The summed E-state index contributed by atoms with van der Waals surface area (Å²) >= 11 is 0. The fourth-order valence-corrected chi connectivity index (χ4v) is 3.89. The molecule has 1 amide bonds. The molecule has 0 aromatic heterocycles. The van der Waals surface area contributed by atoms with Gasteiger partial charge in [-0.3, -0.25) is 4.79 Å². The number of carbonyl (C=O) groups is 2. The second-order valence-electron chi connectivity index (χ2n) is 7.34. The topological polar surface area (TPSA) is 73.9 Å². The van der Waals surface area contributed by atoms with Gasteiger partial charge >= 0.3 is 5.97 Å². The quantitative estimate of drug-likeness (QED) is 0.832. The predicted octanol–water partition coefficient (Wildman–Crippen LogP) is 2.19. The molecule has 2 fully saturated rings. The smallest absolute Gasteiger partial charge is 0.331 e. The maximum atomic E-state index is 12.7. The van der Waals surface area contributed by atoms with Gasteiger partial charge in [-0.25, -0.2) is 4.79 Å². The molecule has 0 unspecified atom stereocenters. The highest BCUT2D eigenvalue weighted by Crippen LogP contribution is 2.40. The number of methoxy groups -OCH3 is 1. The van der Waals surface area contributed by atoms with E-state index in [1.165, 1.54) is 7.11 Å². The molecule has 6 nitrogen and oxygen atoms in total. The zero-order chi connectivity index (χ0) is 18.8. The highest BCUT2D eigenvalue weighted by molar-refractivity contribution is 5.89. The van der Waals surface area contributed by atoms with Gasteiger partial charge in [0, 0.05) is 12.8 Å². The minimum Gasteiger partial charge on any atom is -0.467 e. The number of rotatable bonds is 4. The summed E-state index contributed by atoms with van der Waals surface area (Å²) in [6.45, 7) is 5.13. The van der Waals surface area contributed by atoms with Crippen molar-refractivity contribution in [2.24, 2.45) is 0 Å². The van der Waals surface area contributed by atoms with Crippen LogP contribution in [-0.4, -0.2) is 43.5 Å². The van der Waals surface area contributed by atoms with Gasteiger partial charge in [0.1, 0.15) is 5.54 Å². The number of benzene rings is 1. The number of amides is 1. The summed E-state index contributed by atoms with van der Waals surface area (Å²) in [6, 6.07) is 6.04. The molecular weight excluding hydrogens is 334 g/mol. The SMILES string of the molecule is COC(=O)C1(NC(=O)Cc2cc(C)ccc2C)CCC2(CC1)OCCO2. The average Bonchev–Trinajstić information content (AvgIpc) is 3.08. The second-order valence-corrected chi connectivity index (χ2v) is 7.34. The molecule has 6 heteroatoms. The molecule has 1 spiro atoms. The normalized spacial score (nSPS) is 20.7. The van der Waals surface area contributed by atoms with Gasteiger partial charge in [-0.15, -0.1) is 0 Å². The molecule has 1 heterocycles. The molecule has 26 heavy (non-hydrogen) atoms. The average molecular weight is 361 g/mol. The lowest BCUT2D eigenvalue weighted by Crippen LogP contribution is -2.59. The third-order valence-corrected chi connectivity index (χ3v) is 5.49. The molecule has 1 saturated carbocycles. The van der Waals surface area contributed by atoms with E-state index in [1.54, 1.807) is 0 Å². The Morgan fingerprint density at radius 2 is 1.77 bits per heavy atom. The summed E-state index contributed by atoms with van der Waals surface area (Å²) < 4.78 is 16.5.